The van der Waals surface area contributed by atoms with Crippen LogP contribution in [0.3, 0.4) is 0 Å². The first-order valence-electron chi connectivity index (χ1n) is 11.6. The molecule has 1 atom stereocenters. The molecule has 1 saturated heterocycles. The van der Waals surface area contributed by atoms with Crippen LogP contribution in [-0.2, 0) is 20.9 Å². The lowest BCUT2D eigenvalue weighted by Gasteiger charge is -2.34. The molecule has 1 aliphatic heterocycles. The van der Waals surface area contributed by atoms with Gasteiger partial charge in [0.05, 0.1) is 4.88 Å². The van der Waals surface area contributed by atoms with Crippen LogP contribution in [0, 0.1) is 5.82 Å². The number of likely N-dealkylation sites (tertiary alicyclic amines) is 1. The third kappa shape index (κ3) is 5.79. The Labute approximate surface area is 197 Å². The van der Waals surface area contributed by atoms with Gasteiger partial charge in [0.2, 0.25) is 0 Å². The SMILES string of the molecule is O=C(OCC(=O)N(Cc1ccc(F)cc1)C1CCCCC1)[C@@H]1CCCN1C(=O)c1cccs1. The largest absolute Gasteiger partial charge is 0.454 e. The van der Waals surface area contributed by atoms with E-state index >= 15 is 0 Å². The van der Waals surface area contributed by atoms with Crippen LogP contribution in [-0.4, -0.2) is 52.8 Å². The molecular weight excluding hydrogens is 443 g/mol. The average molecular weight is 473 g/mol. The Kier molecular flexibility index (Phi) is 7.75. The van der Waals surface area contributed by atoms with Gasteiger partial charge >= 0.3 is 5.97 Å². The number of ether oxygens (including phenoxy) is 1. The molecule has 2 aromatic rings. The first-order valence-corrected chi connectivity index (χ1v) is 12.5. The second-order valence-corrected chi connectivity index (χ2v) is 9.63. The van der Waals surface area contributed by atoms with Crippen LogP contribution in [0.15, 0.2) is 41.8 Å². The molecule has 0 spiro atoms. The molecule has 1 aliphatic carbocycles. The van der Waals surface area contributed by atoms with Gasteiger partial charge in [-0.15, -0.1) is 11.3 Å². The van der Waals surface area contributed by atoms with Crippen LogP contribution < -0.4 is 0 Å². The summed E-state index contributed by atoms with van der Waals surface area (Å²) in [6, 6.07) is 9.10. The van der Waals surface area contributed by atoms with Gasteiger partial charge in [-0.3, -0.25) is 9.59 Å². The van der Waals surface area contributed by atoms with Gasteiger partial charge in [0.15, 0.2) is 6.61 Å². The molecule has 0 N–H and O–H groups in total. The molecule has 0 radical (unpaired) electrons. The fourth-order valence-corrected chi connectivity index (χ4v) is 5.39. The van der Waals surface area contributed by atoms with E-state index in [1.54, 1.807) is 34.1 Å². The molecular formula is C25H29FN2O4S. The van der Waals surface area contributed by atoms with E-state index in [1.807, 2.05) is 5.38 Å². The molecule has 1 aromatic carbocycles. The van der Waals surface area contributed by atoms with Crippen molar-refractivity contribution in [2.45, 2.75) is 63.6 Å². The predicted octanol–water partition coefficient (Wildman–Crippen LogP) is 4.40. The Morgan fingerprint density at radius 1 is 1.03 bits per heavy atom. The van der Waals surface area contributed by atoms with Crippen molar-refractivity contribution >= 4 is 29.1 Å². The Morgan fingerprint density at radius 2 is 1.79 bits per heavy atom. The molecule has 1 saturated carbocycles. The van der Waals surface area contributed by atoms with Gasteiger partial charge in [0, 0.05) is 19.1 Å². The number of benzene rings is 1. The standard InChI is InChI=1S/C25H29FN2O4S/c26-19-12-10-18(11-13-19)16-28(20-6-2-1-3-7-20)23(29)17-32-25(31)21-8-4-14-27(21)24(30)22-9-5-15-33-22/h5,9-13,15,20-21H,1-4,6-8,14,16-17H2/t21-/m0/s1. The zero-order valence-corrected chi connectivity index (χ0v) is 19.4. The van der Waals surface area contributed by atoms with Crippen LogP contribution in [0.1, 0.15) is 60.2 Å². The summed E-state index contributed by atoms with van der Waals surface area (Å²) < 4.78 is 18.7. The summed E-state index contributed by atoms with van der Waals surface area (Å²) in [6.45, 7) is 0.505. The molecule has 1 aromatic heterocycles. The van der Waals surface area contributed by atoms with Crippen molar-refractivity contribution < 1.29 is 23.5 Å². The van der Waals surface area contributed by atoms with E-state index in [-0.39, 0.29) is 30.3 Å². The average Bonchev–Trinajstić information content (AvgIpc) is 3.55. The van der Waals surface area contributed by atoms with Crippen LogP contribution in [0.5, 0.6) is 0 Å². The highest BCUT2D eigenvalue weighted by molar-refractivity contribution is 7.12. The van der Waals surface area contributed by atoms with Crippen molar-refractivity contribution in [3.8, 4) is 0 Å². The predicted molar refractivity (Wildman–Crippen MR) is 123 cm³/mol. The highest BCUT2D eigenvalue weighted by Gasteiger charge is 2.36. The topological polar surface area (TPSA) is 66.9 Å². The number of amides is 2. The maximum atomic E-state index is 13.3. The maximum absolute atomic E-state index is 13.3. The number of carbonyl (C=O) groups excluding carboxylic acids is 3. The molecule has 0 bridgehead atoms. The van der Waals surface area contributed by atoms with Gasteiger partial charge in [0.25, 0.3) is 11.8 Å². The number of nitrogens with zero attached hydrogens (tertiary/aromatic N) is 2. The van der Waals surface area contributed by atoms with Crippen LogP contribution in [0.25, 0.3) is 0 Å². The quantitative estimate of drug-likeness (QED) is 0.561. The number of thiophene rings is 1. The summed E-state index contributed by atoms with van der Waals surface area (Å²) in [5.41, 5.74) is 0.838. The van der Waals surface area contributed by atoms with E-state index < -0.39 is 12.0 Å². The zero-order chi connectivity index (χ0) is 23.2. The molecule has 4 rings (SSSR count). The smallest absolute Gasteiger partial charge is 0.329 e. The van der Waals surface area contributed by atoms with Gasteiger partial charge in [-0.1, -0.05) is 37.5 Å². The number of halogens is 1. The second-order valence-electron chi connectivity index (χ2n) is 8.68. The number of esters is 1. The summed E-state index contributed by atoms with van der Waals surface area (Å²) in [7, 11) is 0. The Hall–Kier alpha value is -2.74. The number of hydrogen-bond donors (Lipinski definition) is 0. The summed E-state index contributed by atoms with van der Waals surface area (Å²) in [4.78, 5) is 42.6. The van der Waals surface area contributed by atoms with E-state index in [1.165, 1.54) is 23.5 Å². The van der Waals surface area contributed by atoms with Crippen LogP contribution in [0.2, 0.25) is 0 Å². The molecule has 176 valence electrons. The van der Waals surface area contributed by atoms with E-state index in [0.717, 1.165) is 44.1 Å². The van der Waals surface area contributed by atoms with Gasteiger partial charge in [-0.05, 0) is 54.8 Å². The van der Waals surface area contributed by atoms with E-state index in [2.05, 4.69) is 0 Å². The summed E-state index contributed by atoms with van der Waals surface area (Å²) in [5.74, 6) is -1.28. The number of carbonyl (C=O) groups is 3. The molecule has 2 aliphatic rings. The lowest BCUT2D eigenvalue weighted by molar-refractivity contribution is -0.156. The molecule has 0 unspecified atom stereocenters. The van der Waals surface area contributed by atoms with Gasteiger partial charge in [-0.25, -0.2) is 9.18 Å². The second kappa shape index (κ2) is 10.9. The molecule has 2 fully saturated rings. The Balaban J connectivity index is 1.39. The van der Waals surface area contributed by atoms with Crippen molar-refractivity contribution in [3.63, 3.8) is 0 Å². The Bertz CT molecular complexity index is 957. The molecule has 6 nitrogen and oxygen atoms in total. The molecule has 2 heterocycles. The van der Waals surface area contributed by atoms with Crippen molar-refractivity contribution in [2.24, 2.45) is 0 Å². The first-order chi connectivity index (χ1) is 16.0. The maximum Gasteiger partial charge on any atom is 0.329 e. The fraction of sp³-hybridized carbons (Fsp3) is 0.480. The minimum Gasteiger partial charge on any atom is -0.454 e. The lowest BCUT2D eigenvalue weighted by atomic mass is 9.93. The Morgan fingerprint density at radius 3 is 2.48 bits per heavy atom. The van der Waals surface area contributed by atoms with Crippen molar-refractivity contribution in [3.05, 3.63) is 58.0 Å². The summed E-state index contributed by atoms with van der Waals surface area (Å²) >= 11 is 1.34. The van der Waals surface area contributed by atoms with Gasteiger partial charge in [0.1, 0.15) is 11.9 Å². The summed E-state index contributed by atoms with van der Waals surface area (Å²) in [5, 5.41) is 1.83. The zero-order valence-electron chi connectivity index (χ0n) is 18.6. The fourth-order valence-electron chi connectivity index (χ4n) is 4.71. The monoisotopic (exact) mass is 472 g/mol. The minimum absolute atomic E-state index is 0.0818. The first kappa shape index (κ1) is 23.4. The van der Waals surface area contributed by atoms with Crippen molar-refractivity contribution in [2.75, 3.05) is 13.2 Å². The van der Waals surface area contributed by atoms with Crippen LogP contribution in [0.4, 0.5) is 4.39 Å². The van der Waals surface area contributed by atoms with Crippen molar-refractivity contribution in [1.82, 2.24) is 9.80 Å². The molecule has 2 amide bonds. The minimum atomic E-state index is -0.660. The lowest BCUT2D eigenvalue weighted by Crippen LogP contribution is -2.45. The normalized spacial score (nSPS) is 18.8. The third-order valence-corrected chi connectivity index (χ3v) is 7.32. The van der Waals surface area contributed by atoms with E-state index in [4.69, 9.17) is 4.74 Å². The molecule has 33 heavy (non-hydrogen) atoms. The van der Waals surface area contributed by atoms with Gasteiger partial charge < -0.3 is 14.5 Å². The highest BCUT2D eigenvalue weighted by atomic mass is 32.1. The summed E-state index contributed by atoms with van der Waals surface area (Å²) in [6.07, 6.45) is 6.34. The number of hydrogen-bond acceptors (Lipinski definition) is 5. The van der Waals surface area contributed by atoms with Crippen molar-refractivity contribution in [1.29, 1.82) is 0 Å². The molecule has 8 heteroatoms. The third-order valence-electron chi connectivity index (χ3n) is 6.46. The van der Waals surface area contributed by atoms with E-state index in [9.17, 15) is 18.8 Å². The number of rotatable bonds is 7. The van der Waals surface area contributed by atoms with Crippen LogP contribution >= 0.6 is 11.3 Å². The van der Waals surface area contributed by atoms with Gasteiger partial charge in [-0.2, -0.15) is 0 Å². The highest BCUT2D eigenvalue weighted by Crippen LogP contribution is 2.26. The van der Waals surface area contributed by atoms with E-state index in [0.29, 0.717) is 24.4 Å².